The molecule has 59 heavy (non-hydrogen) atoms. The van der Waals surface area contributed by atoms with Crippen molar-refractivity contribution >= 4 is 118 Å². The predicted molar refractivity (Wildman–Crippen MR) is 255 cm³/mol. The van der Waals surface area contributed by atoms with Gasteiger partial charge in [0.25, 0.3) is 0 Å². The highest BCUT2D eigenvalue weighted by atomic mass is 32.1. The Bertz CT molecular complexity index is 3910. The molecule has 3 nitrogen and oxygen atoms in total. The zero-order chi connectivity index (χ0) is 38.6. The van der Waals surface area contributed by atoms with Crippen molar-refractivity contribution in [2.24, 2.45) is 0 Å². The average molecular weight is 788 g/mol. The van der Waals surface area contributed by atoms with Crippen molar-refractivity contribution in [2.45, 2.75) is 0 Å². The molecule has 9 aromatic carbocycles. The molecule has 4 aromatic heterocycles. The van der Waals surface area contributed by atoms with Crippen LogP contribution in [0, 0.1) is 0 Å². The van der Waals surface area contributed by atoms with E-state index in [4.69, 9.17) is 0 Å². The maximum Gasteiger partial charge on any atom is 0.0782 e. The van der Waals surface area contributed by atoms with Gasteiger partial charge in [0.05, 0.1) is 16.7 Å². The van der Waals surface area contributed by atoms with E-state index in [-0.39, 0.29) is 0 Å². The maximum absolute atomic E-state index is 2.47. The molecule has 0 spiro atoms. The second kappa shape index (κ2) is 12.7. The van der Waals surface area contributed by atoms with E-state index in [1.54, 1.807) is 0 Å². The Morgan fingerprint density at radius 1 is 0.288 bits per heavy atom. The first-order valence-corrected chi connectivity index (χ1v) is 21.6. The van der Waals surface area contributed by atoms with Crippen LogP contribution in [-0.4, -0.2) is 13.7 Å². The molecule has 0 N–H and O–H groups in total. The summed E-state index contributed by atoms with van der Waals surface area (Å²) in [6, 6.07) is 74.2. The monoisotopic (exact) mass is 787 g/mol. The summed E-state index contributed by atoms with van der Waals surface area (Å²) in [4.78, 5) is 0. The van der Waals surface area contributed by atoms with Crippen LogP contribution in [0.3, 0.4) is 0 Å². The minimum absolute atomic E-state index is 1.11. The molecule has 0 saturated carbocycles. The van der Waals surface area contributed by atoms with Gasteiger partial charge in [-0.25, -0.2) is 0 Å². The largest absolute Gasteiger partial charge is 0.310 e. The van der Waals surface area contributed by atoms with Crippen molar-refractivity contribution in [1.29, 1.82) is 0 Å². The Hall–Kier alpha value is -7.18. The summed E-state index contributed by atoms with van der Waals surface area (Å²) in [5.41, 5.74) is 10.3. The van der Waals surface area contributed by atoms with Gasteiger partial charge in [-0.2, -0.15) is 0 Å². The number of nitrogens with zero attached hydrogens (tertiary/aromatic N) is 3. The highest BCUT2D eigenvalue weighted by Gasteiger charge is 2.18. The molecule has 13 aromatic rings. The van der Waals surface area contributed by atoms with Gasteiger partial charge in [-0.05, 0) is 114 Å². The Balaban J connectivity index is 1.18. The van der Waals surface area contributed by atoms with Crippen molar-refractivity contribution in [2.75, 3.05) is 0 Å². The van der Waals surface area contributed by atoms with Gasteiger partial charge in [0.1, 0.15) is 0 Å². The first kappa shape index (κ1) is 32.9. The maximum atomic E-state index is 2.47. The molecule has 4 heterocycles. The molecule has 276 valence electrons. The smallest absolute Gasteiger partial charge is 0.0782 e. The van der Waals surface area contributed by atoms with Gasteiger partial charge in [-0.15, -0.1) is 22.7 Å². The Morgan fingerprint density at radius 2 is 0.864 bits per heavy atom. The lowest BCUT2D eigenvalue weighted by Gasteiger charge is -2.16. The summed E-state index contributed by atoms with van der Waals surface area (Å²) in [5.74, 6) is 0. The SMILES string of the molecule is c1ccc(-n2c3ccccc3c3cccc(-n4c5cccc(c5)c5cccc(c5)n(-c5ccc6c(c5)sc5ccccc56)c5ccc6sc7ccc4cc7c6c5)c32)cc1. The molecule has 8 bridgehead atoms. The second-order valence-electron chi connectivity index (χ2n) is 15.4. The molecule has 0 aliphatic carbocycles. The minimum Gasteiger partial charge on any atom is -0.310 e. The van der Waals surface area contributed by atoms with Crippen LogP contribution in [0.4, 0.5) is 0 Å². The van der Waals surface area contributed by atoms with Crippen LogP contribution in [0.1, 0.15) is 0 Å². The zero-order valence-corrected chi connectivity index (χ0v) is 33.3. The van der Waals surface area contributed by atoms with E-state index in [1.807, 2.05) is 22.7 Å². The van der Waals surface area contributed by atoms with Gasteiger partial charge in [0, 0.05) is 84.6 Å². The van der Waals surface area contributed by atoms with Gasteiger partial charge in [-0.3, -0.25) is 0 Å². The van der Waals surface area contributed by atoms with Crippen LogP contribution < -0.4 is 0 Å². The molecule has 0 aliphatic heterocycles. The molecule has 0 fully saturated rings. The Labute approximate surface area is 346 Å². The molecule has 0 atom stereocenters. The summed E-state index contributed by atoms with van der Waals surface area (Å²) >= 11 is 3.73. The Kier molecular flexibility index (Phi) is 7.05. The summed E-state index contributed by atoms with van der Waals surface area (Å²) in [5, 5.41) is 9.93. The number of hydrogen-bond donors (Lipinski definition) is 0. The number of para-hydroxylation sites is 3. The minimum atomic E-state index is 1.11. The number of benzene rings is 9. The highest BCUT2D eigenvalue weighted by molar-refractivity contribution is 7.26. The van der Waals surface area contributed by atoms with Crippen molar-refractivity contribution in [1.82, 2.24) is 13.7 Å². The summed E-state index contributed by atoms with van der Waals surface area (Å²) in [7, 11) is 0. The first-order valence-electron chi connectivity index (χ1n) is 20.0. The highest BCUT2D eigenvalue weighted by Crippen LogP contribution is 2.40. The van der Waals surface area contributed by atoms with E-state index in [0.717, 1.165) is 44.5 Å². The quantitative estimate of drug-likeness (QED) is 0.169. The average Bonchev–Trinajstić information content (AvgIpc) is 3.96. The number of aromatic nitrogens is 3. The van der Waals surface area contributed by atoms with Crippen molar-refractivity contribution < 1.29 is 0 Å². The second-order valence-corrected chi connectivity index (χ2v) is 17.5. The zero-order valence-electron chi connectivity index (χ0n) is 31.7. The molecule has 13 rings (SSSR count). The van der Waals surface area contributed by atoms with Crippen molar-refractivity contribution in [3.05, 3.63) is 200 Å². The van der Waals surface area contributed by atoms with Crippen molar-refractivity contribution in [3.8, 4) is 17.1 Å². The molecule has 5 heteroatoms. The lowest BCUT2D eigenvalue weighted by molar-refractivity contribution is 1.12. The number of thiophene rings is 2. The van der Waals surface area contributed by atoms with Gasteiger partial charge in [0.15, 0.2) is 0 Å². The van der Waals surface area contributed by atoms with Crippen LogP contribution in [0.2, 0.25) is 0 Å². The lowest BCUT2D eigenvalue weighted by Crippen LogP contribution is -2.02. The number of rotatable bonds is 3. The van der Waals surface area contributed by atoms with Crippen LogP contribution in [-0.2, 0) is 0 Å². The number of fused-ring (bicyclic) bond motifs is 13. The molecule has 0 amide bonds. The fraction of sp³-hybridized carbons (Fsp3) is 0. The standard InChI is InChI=1S/C54H33N3S2/c1-2-13-36(14-3-1)57-48-20-6-4-17-42(48)45-19-10-21-49(54(45)57)56-38-16-9-12-35(30-38)34-11-8-15-37(29-34)55(41-23-26-44-43-18-5-7-22-50(43)59-53(44)33-41)39-24-27-51-46(31-39)47-32-40(56)25-28-52(47)58-51/h1-33H. The van der Waals surface area contributed by atoms with Crippen molar-refractivity contribution in [3.63, 3.8) is 0 Å². The molecular weight excluding hydrogens is 755 g/mol. The summed E-state index contributed by atoms with van der Waals surface area (Å²) in [6.07, 6.45) is 0. The molecular formula is C54H33N3S2. The van der Waals surface area contributed by atoms with Crippen LogP contribution in [0.5, 0.6) is 0 Å². The molecule has 0 unspecified atom stereocenters. The number of hydrogen-bond acceptors (Lipinski definition) is 2. The van der Waals surface area contributed by atoms with E-state index in [2.05, 4.69) is 214 Å². The van der Waals surface area contributed by atoms with Crippen LogP contribution >= 0.6 is 22.7 Å². The van der Waals surface area contributed by atoms with E-state index in [1.165, 1.54) is 67.5 Å². The van der Waals surface area contributed by atoms with Crippen LogP contribution in [0.25, 0.3) is 112 Å². The van der Waals surface area contributed by atoms with E-state index in [9.17, 15) is 0 Å². The fourth-order valence-electron chi connectivity index (χ4n) is 9.43. The predicted octanol–water partition coefficient (Wildman–Crippen LogP) is 15.7. The Morgan fingerprint density at radius 3 is 1.64 bits per heavy atom. The summed E-state index contributed by atoms with van der Waals surface area (Å²) in [6.45, 7) is 0. The fourth-order valence-corrected chi connectivity index (χ4v) is 11.6. The third-order valence-corrected chi connectivity index (χ3v) is 14.3. The lowest BCUT2D eigenvalue weighted by atomic mass is 10.1. The van der Waals surface area contributed by atoms with E-state index in [0.29, 0.717) is 0 Å². The topological polar surface area (TPSA) is 14.8 Å². The van der Waals surface area contributed by atoms with Gasteiger partial charge >= 0.3 is 0 Å². The molecule has 0 saturated heterocycles. The van der Waals surface area contributed by atoms with Gasteiger partial charge in [-0.1, -0.05) is 97.1 Å². The third kappa shape index (κ3) is 4.99. The van der Waals surface area contributed by atoms with E-state index < -0.39 is 0 Å². The van der Waals surface area contributed by atoms with Crippen LogP contribution in [0.15, 0.2) is 200 Å². The first-order chi connectivity index (χ1) is 29.2. The normalized spacial score (nSPS) is 12.1. The van der Waals surface area contributed by atoms with Gasteiger partial charge < -0.3 is 13.7 Å². The summed E-state index contributed by atoms with van der Waals surface area (Å²) < 4.78 is 12.5. The molecule has 0 aliphatic rings. The van der Waals surface area contributed by atoms with E-state index >= 15 is 0 Å². The van der Waals surface area contributed by atoms with Gasteiger partial charge in [0.2, 0.25) is 0 Å². The molecule has 0 radical (unpaired) electrons. The third-order valence-electron chi connectivity index (χ3n) is 12.0.